The Morgan fingerprint density at radius 3 is 1.52 bits per heavy atom. The molecule has 6 heterocycles. The molecule has 0 bridgehead atoms. The zero-order chi connectivity index (χ0) is 47.4. The van der Waals surface area contributed by atoms with E-state index in [2.05, 4.69) is 87.0 Å². The highest BCUT2D eigenvalue weighted by Gasteiger charge is 2.39. The van der Waals surface area contributed by atoms with Gasteiger partial charge in [0.2, 0.25) is 0 Å². The maximum absolute atomic E-state index is 12.6. The molecule has 6 aliphatic rings. The number of piperidine rings is 2. The lowest BCUT2D eigenvalue weighted by molar-refractivity contribution is -0.134. The lowest BCUT2D eigenvalue weighted by Gasteiger charge is -2.39. The lowest BCUT2D eigenvalue weighted by atomic mass is 9.83. The first-order valence-corrected chi connectivity index (χ1v) is 23.1. The molecular formula is C51H60N8O8. The highest BCUT2D eigenvalue weighted by Crippen LogP contribution is 2.46. The molecule has 0 aromatic heterocycles. The molecular weight excluding hydrogens is 853 g/mol. The quantitative estimate of drug-likeness (QED) is 0.159. The Morgan fingerprint density at radius 1 is 0.687 bits per heavy atom. The number of anilines is 2. The number of rotatable bonds is 4. The number of carbonyl (C=O) groups is 4. The summed E-state index contributed by atoms with van der Waals surface area (Å²) in [6.07, 6.45) is 3.62. The van der Waals surface area contributed by atoms with Gasteiger partial charge >= 0.3 is 6.09 Å². The van der Waals surface area contributed by atoms with Gasteiger partial charge in [0.25, 0.3) is 17.8 Å². The van der Waals surface area contributed by atoms with E-state index in [0.29, 0.717) is 38.1 Å². The number of nitrogens with one attached hydrogen (secondary N) is 3. The Morgan fingerprint density at radius 2 is 1.10 bits per heavy atom. The van der Waals surface area contributed by atoms with Crippen molar-refractivity contribution < 1.29 is 38.5 Å². The van der Waals surface area contributed by atoms with Crippen molar-refractivity contribution in [3.8, 4) is 33.8 Å². The van der Waals surface area contributed by atoms with Crippen LogP contribution in [0.15, 0.2) is 95.1 Å². The zero-order valence-corrected chi connectivity index (χ0v) is 39.0. The van der Waals surface area contributed by atoms with E-state index in [-0.39, 0.29) is 35.9 Å². The fraction of sp³-hybridized carbons (Fsp3) is 0.412. The normalized spacial score (nSPS) is 20.1. The van der Waals surface area contributed by atoms with Crippen LogP contribution in [0.25, 0.3) is 22.3 Å². The zero-order valence-electron chi connectivity index (χ0n) is 39.0. The number of likely N-dealkylation sites (tertiary alicyclic amines) is 1. The molecule has 4 aromatic carbocycles. The number of nitrogens with zero attached hydrogens (tertiary/aromatic N) is 5. The van der Waals surface area contributed by atoms with E-state index in [9.17, 15) is 14.4 Å². The molecule has 4 aromatic rings. The first-order chi connectivity index (χ1) is 32.2. The predicted octanol–water partition coefficient (Wildman–Crippen LogP) is 7.44. The monoisotopic (exact) mass is 912 g/mol. The average molecular weight is 913 g/mol. The summed E-state index contributed by atoms with van der Waals surface area (Å²) < 4.78 is 17.7. The first kappa shape index (κ1) is 46.6. The molecule has 16 heteroatoms. The molecule has 67 heavy (non-hydrogen) atoms. The van der Waals surface area contributed by atoms with Gasteiger partial charge in [0, 0.05) is 20.0 Å². The van der Waals surface area contributed by atoms with Gasteiger partial charge in [0.05, 0.1) is 11.4 Å². The van der Waals surface area contributed by atoms with Crippen LogP contribution in [0.4, 0.5) is 16.2 Å². The SMILES string of the molecule is CC(=O)O.CC1C(=O)NN=C2COc3cc(-c4ccccc4)c(C4CCN(C(=O)OC(C)(C)C)CC4)cc3N21.CC1C(=O)NN=C2COc3cc(-c4ccccc4)c(C4CCNCC4)cc3N21. The molecule has 2 saturated heterocycles. The largest absolute Gasteiger partial charge is 0.483 e. The summed E-state index contributed by atoms with van der Waals surface area (Å²) in [5.74, 6) is 2.69. The summed E-state index contributed by atoms with van der Waals surface area (Å²) >= 11 is 0. The number of carbonyl (C=O) groups excluding carboxylic acids is 3. The van der Waals surface area contributed by atoms with E-state index in [1.807, 2.05) is 68.7 Å². The number of aliphatic carboxylic acids is 1. The number of fused-ring (bicyclic) bond motifs is 6. The van der Waals surface area contributed by atoms with Crippen molar-refractivity contribution >= 4 is 46.9 Å². The van der Waals surface area contributed by atoms with Crippen molar-refractivity contribution in [2.24, 2.45) is 10.2 Å². The third-order valence-corrected chi connectivity index (χ3v) is 12.7. The van der Waals surface area contributed by atoms with Crippen molar-refractivity contribution in [2.75, 3.05) is 49.2 Å². The molecule has 0 radical (unpaired) electrons. The van der Waals surface area contributed by atoms with Crippen LogP contribution < -0.4 is 35.4 Å². The Balaban J connectivity index is 0.000000172. The van der Waals surface area contributed by atoms with E-state index in [0.717, 1.165) is 85.5 Å². The summed E-state index contributed by atoms with van der Waals surface area (Å²) in [5, 5.41) is 19.3. The first-order valence-electron chi connectivity index (χ1n) is 23.1. The molecule has 6 aliphatic heterocycles. The van der Waals surface area contributed by atoms with Gasteiger partial charge in [0.15, 0.2) is 11.7 Å². The molecule has 352 valence electrons. The second kappa shape index (κ2) is 19.9. The molecule has 4 N–H and O–H groups in total. The number of benzene rings is 4. The topological polar surface area (TPSA) is 187 Å². The standard InChI is InChI=1S/C27H32N4O4.C22H24N4O2.C2H4O2/c1-17-25(32)29-28-24-16-34-23-15-21(18-8-6-5-7-9-18)20(14-22(23)31(17)24)19-10-12-30(13-11-19)26(33)35-27(2,3)4;1-14-22(27)25-24-21-13-28-20-12-18(15-5-3-2-4-6-15)17(11-19(20)26(14)21)16-7-9-23-10-8-16;1-2(3)4/h5-9,14-15,17,19H,10-13,16H2,1-4H3,(H,29,32);2-6,11-12,14,16,23H,7-10,13H2,1H3,(H,25,27);1H3,(H,3,4). The smallest absolute Gasteiger partial charge is 0.410 e. The minimum Gasteiger partial charge on any atom is -0.483 e. The summed E-state index contributed by atoms with van der Waals surface area (Å²) in [5.41, 5.74) is 13.7. The lowest BCUT2D eigenvalue weighted by Crippen LogP contribution is -2.55. The maximum Gasteiger partial charge on any atom is 0.410 e. The third-order valence-electron chi connectivity index (χ3n) is 12.7. The van der Waals surface area contributed by atoms with Crippen LogP contribution >= 0.6 is 0 Å². The predicted molar refractivity (Wildman–Crippen MR) is 258 cm³/mol. The highest BCUT2D eigenvalue weighted by molar-refractivity contribution is 6.10. The number of hydrogen-bond donors (Lipinski definition) is 4. The summed E-state index contributed by atoms with van der Waals surface area (Å²) in [4.78, 5) is 52.0. The molecule has 10 rings (SSSR count). The Hall–Kier alpha value is -6.94. The van der Waals surface area contributed by atoms with Gasteiger partial charge in [-0.1, -0.05) is 60.7 Å². The fourth-order valence-corrected chi connectivity index (χ4v) is 9.42. The number of carboxylic acids is 1. The van der Waals surface area contributed by atoms with Gasteiger partial charge < -0.3 is 39.3 Å². The summed E-state index contributed by atoms with van der Waals surface area (Å²) in [6, 6.07) is 28.7. The van der Waals surface area contributed by atoms with E-state index in [4.69, 9.17) is 24.1 Å². The molecule has 2 fully saturated rings. The molecule has 0 saturated carbocycles. The highest BCUT2D eigenvalue weighted by atomic mass is 16.6. The van der Waals surface area contributed by atoms with Gasteiger partial charge in [-0.2, -0.15) is 10.2 Å². The van der Waals surface area contributed by atoms with Crippen LogP contribution in [-0.4, -0.2) is 103 Å². The second-order valence-corrected chi connectivity index (χ2v) is 18.5. The van der Waals surface area contributed by atoms with Crippen LogP contribution in [0, 0.1) is 0 Å². The molecule has 2 atom stereocenters. The van der Waals surface area contributed by atoms with E-state index < -0.39 is 11.6 Å². The van der Waals surface area contributed by atoms with Gasteiger partial charge in [0.1, 0.15) is 42.4 Å². The maximum atomic E-state index is 12.6. The van der Waals surface area contributed by atoms with Gasteiger partial charge in [-0.05, 0) is 143 Å². The van der Waals surface area contributed by atoms with Gasteiger partial charge in [-0.15, -0.1) is 0 Å². The number of amides is 3. The number of amidine groups is 2. The minimum atomic E-state index is -0.833. The van der Waals surface area contributed by atoms with Crippen LogP contribution in [-0.2, 0) is 19.1 Å². The van der Waals surface area contributed by atoms with Crippen LogP contribution in [0.2, 0.25) is 0 Å². The molecule has 16 nitrogen and oxygen atoms in total. The fourth-order valence-electron chi connectivity index (χ4n) is 9.42. The van der Waals surface area contributed by atoms with Crippen LogP contribution in [0.5, 0.6) is 11.5 Å². The van der Waals surface area contributed by atoms with Crippen LogP contribution in [0.3, 0.4) is 0 Å². The summed E-state index contributed by atoms with van der Waals surface area (Å²) in [6.45, 7) is 14.5. The van der Waals surface area contributed by atoms with Crippen molar-refractivity contribution in [1.29, 1.82) is 0 Å². The Kier molecular flexibility index (Phi) is 13.8. The molecule has 0 aliphatic carbocycles. The van der Waals surface area contributed by atoms with Gasteiger partial charge in [-0.25, -0.2) is 15.6 Å². The van der Waals surface area contributed by atoms with Crippen molar-refractivity contribution in [1.82, 2.24) is 21.1 Å². The average Bonchev–Trinajstić information content (AvgIpc) is 3.33. The van der Waals surface area contributed by atoms with Gasteiger partial charge in [-0.3, -0.25) is 14.4 Å². The molecule has 2 unspecified atom stereocenters. The van der Waals surface area contributed by atoms with E-state index in [1.54, 1.807) is 4.90 Å². The summed E-state index contributed by atoms with van der Waals surface area (Å²) in [7, 11) is 0. The van der Waals surface area contributed by atoms with Crippen molar-refractivity contribution in [3.63, 3.8) is 0 Å². The number of carboxylic acid groups (broad SMARTS) is 1. The van der Waals surface area contributed by atoms with E-state index in [1.165, 1.54) is 22.3 Å². The number of ether oxygens (including phenoxy) is 3. The molecule has 0 spiro atoms. The Bertz CT molecular complexity index is 2540. The number of hydrazone groups is 2. The van der Waals surface area contributed by atoms with E-state index >= 15 is 0 Å². The Labute approximate surface area is 391 Å². The number of hydrogen-bond acceptors (Lipinski definition) is 12. The van der Waals surface area contributed by atoms with Crippen LogP contribution in [0.1, 0.15) is 90.2 Å². The minimum absolute atomic E-state index is 0.0906. The van der Waals surface area contributed by atoms with Crippen molar-refractivity contribution in [3.05, 3.63) is 96.1 Å². The second-order valence-electron chi connectivity index (χ2n) is 18.5. The third kappa shape index (κ3) is 10.4. The molecule has 3 amide bonds. The van der Waals surface area contributed by atoms with Crippen molar-refractivity contribution in [2.45, 2.75) is 96.7 Å².